The maximum Gasteiger partial charge on any atom is 0.337 e. The topological polar surface area (TPSA) is 82.5 Å². The van der Waals surface area contributed by atoms with Gasteiger partial charge in [-0.3, -0.25) is 4.98 Å². The minimum absolute atomic E-state index is 0.138. The number of aromatic nitrogens is 1. The molecule has 0 aliphatic heterocycles. The Morgan fingerprint density at radius 3 is 2.65 bits per heavy atom. The average molecular weight is 238 g/mol. The molecule has 0 fully saturated rings. The number of nitrogens with one attached hydrogen (secondary N) is 1. The molecule has 2 atom stereocenters. The fourth-order valence-corrected chi connectivity index (χ4v) is 1.28. The van der Waals surface area contributed by atoms with E-state index in [2.05, 4.69) is 10.3 Å². The molecule has 0 aliphatic rings. The van der Waals surface area contributed by atoms with Gasteiger partial charge in [0.15, 0.2) is 0 Å². The second-order valence-electron chi connectivity index (χ2n) is 4.17. The van der Waals surface area contributed by atoms with E-state index in [0.717, 1.165) is 5.69 Å². The molecule has 0 radical (unpaired) electrons. The van der Waals surface area contributed by atoms with E-state index in [-0.39, 0.29) is 24.1 Å². The predicted octanol–water partition coefficient (Wildman–Crippen LogP) is 0.886. The van der Waals surface area contributed by atoms with Gasteiger partial charge in [0.25, 0.3) is 0 Å². The lowest BCUT2D eigenvalue weighted by Gasteiger charge is -2.18. The van der Waals surface area contributed by atoms with Crippen LogP contribution in [0.25, 0.3) is 0 Å². The van der Waals surface area contributed by atoms with Crippen LogP contribution in [0.1, 0.15) is 29.9 Å². The quantitative estimate of drug-likeness (QED) is 0.685. The largest absolute Gasteiger partial charge is 0.478 e. The lowest BCUT2D eigenvalue weighted by molar-refractivity contribution is 0.0696. The van der Waals surface area contributed by atoms with E-state index in [0.29, 0.717) is 6.54 Å². The zero-order chi connectivity index (χ0) is 12.8. The Labute approximate surface area is 101 Å². The van der Waals surface area contributed by atoms with Crippen molar-refractivity contribution in [3.05, 3.63) is 29.6 Å². The van der Waals surface area contributed by atoms with Gasteiger partial charge in [-0.2, -0.15) is 0 Å². The second-order valence-corrected chi connectivity index (χ2v) is 4.17. The standard InChI is InChI=1S/C12H18N2O3/c1-8(7-15)9(2)13-6-11-4-3-10(5-14-11)12(16)17/h3-5,8-9,13,15H,6-7H2,1-2H3,(H,16,17). The summed E-state index contributed by atoms with van der Waals surface area (Å²) < 4.78 is 0. The maximum atomic E-state index is 10.6. The van der Waals surface area contributed by atoms with Crippen LogP contribution in [0, 0.1) is 5.92 Å². The number of pyridine rings is 1. The Morgan fingerprint density at radius 2 is 2.18 bits per heavy atom. The average Bonchev–Trinajstić information content (AvgIpc) is 2.35. The molecule has 0 spiro atoms. The van der Waals surface area contributed by atoms with Gasteiger partial charge < -0.3 is 15.5 Å². The number of aliphatic hydroxyl groups is 1. The summed E-state index contributed by atoms with van der Waals surface area (Å²) in [5, 5.41) is 20.9. The van der Waals surface area contributed by atoms with Gasteiger partial charge in [-0.15, -0.1) is 0 Å². The van der Waals surface area contributed by atoms with Crippen LogP contribution in [0.2, 0.25) is 0 Å². The van der Waals surface area contributed by atoms with Crippen LogP contribution in [0.4, 0.5) is 0 Å². The first-order valence-corrected chi connectivity index (χ1v) is 5.57. The molecule has 5 nitrogen and oxygen atoms in total. The van der Waals surface area contributed by atoms with Gasteiger partial charge >= 0.3 is 5.97 Å². The van der Waals surface area contributed by atoms with Crippen LogP contribution in [-0.4, -0.2) is 33.8 Å². The number of carbonyl (C=O) groups is 1. The predicted molar refractivity (Wildman–Crippen MR) is 63.7 cm³/mol. The molecule has 2 unspecified atom stereocenters. The van der Waals surface area contributed by atoms with E-state index in [1.165, 1.54) is 12.3 Å². The molecule has 17 heavy (non-hydrogen) atoms. The van der Waals surface area contributed by atoms with E-state index < -0.39 is 5.97 Å². The van der Waals surface area contributed by atoms with Crippen molar-refractivity contribution in [1.29, 1.82) is 0 Å². The zero-order valence-corrected chi connectivity index (χ0v) is 10.1. The third kappa shape index (κ3) is 4.13. The Hall–Kier alpha value is -1.46. The van der Waals surface area contributed by atoms with Crippen LogP contribution < -0.4 is 5.32 Å². The molecule has 94 valence electrons. The van der Waals surface area contributed by atoms with Crippen molar-refractivity contribution in [3.63, 3.8) is 0 Å². The summed E-state index contributed by atoms with van der Waals surface area (Å²) >= 11 is 0. The first kappa shape index (κ1) is 13.6. The molecule has 1 heterocycles. The van der Waals surface area contributed by atoms with E-state index in [1.807, 2.05) is 13.8 Å². The summed E-state index contributed by atoms with van der Waals surface area (Å²) in [5.74, 6) is -0.799. The highest BCUT2D eigenvalue weighted by atomic mass is 16.4. The van der Waals surface area contributed by atoms with Gasteiger partial charge in [0.1, 0.15) is 0 Å². The third-order valence-corrected chi connectivity index (χ3v) is 2.82. The molecule has 0 aromatic carbocycles. The van der Waals surface area contributed by atoms with Gasteiger partial charge in [-0.05, 0) is 25.0 Å². The number of nitrogens with zero attached hydrogens (tertiary/aromatic N) is 1. The van der Waals surface area contributed by atoms with Gasteiger partial charge in [-0.1, -0.05) is 6.92 Å². The van der Waals surface area contributed by atoms with Crippen molar-refractivity contribution >= 4 is 5.97 Å². The van der Waals surface area contributed by atoms with Crippen LogP contribution >= 0.6 is 0 Å². The summed E-state index contributed by atoms with van der Waals surface area (Å²) in [5.41, 5.74) is 0.970. The Bertz CT molecular complexity index is 365. The van der Waals surface area contributed by atoms with E-state index in [9.17, 15) is 4.79 Å². The van der Waals surface area contributed by atoms with Crippen molar-refractivity contribution in [1.82, 2.24) is 10.3 Å². The number of rotatable bonds is 6. The number of hydrogen-bond acceptors (Lipinski definition) is 4. The molecule has 0 bridgehead atoms. The highest BCUT2D eigenvalue weighted by Gasteiger charge is 2.10. The fraction of sp³-hybridized carbons (Fsp3) is 0.500. The molecule has 1 rings (SSSR count). The van der Waals surface area contributed by atoms with Gasteiger partial charge in [0, 0.05) is 25.4 Å². The monoisotopic (exact) mass is 238 g/mol. The van der Waals surface area contributed by atoms with Gasteiger partial charge in [0.2, 0.25) is 0 Å². The minimum Gasteiger partial charge on any atom is -0.478 e. The minimum atomic E-state index is -0.973. The SMILES string of the molecule is CC(CO)C(C)NCc1ccc(C(=O)O)cn1. The van der Waals surface area contributed by atoms with E-state index >= 15 is 0 Å². The van der Waals surface area contributed by atoms with Crippen molar-refractivity contribution in [3.8, 4) is 0 Å². The highest BCUT2D eigenvalue weighted by Crippen LogP contribution is 2.04. The molecule has 0 aliphatic carbocycles. The molecule has 1 aromatic heterocycles. The van der Waals surface area contributed by atoms with Crippen molar-refractivity contribution in [2.75, 3.05) is 6.61 Å². The Balaban J connectivity index is 2.50. The summed E-state index contributed by atoms with van der Waals surface area (Å²) in [4.78, 5) is 14.7. The Kier molecular flexibility index (Phi) is 5.06. The van der Waals surface area contributed by atoms with Gasteiger partial charge in [-0.25, -0.2) is 4.79 Å². The van der Waals surface area contributed by atoms with E-state index in [1.54, 1.807) is 6.07 Å². The molecule has 3 N–H and O–H groups in total. The highest BCUT2D eigenvalue weighted by molar-refractivity contribution is 5.87. The van der Waals surface area contributed by atoms with E-state index in [4.69, 9.17) is 10.2 Å². The number of aliphatic hydroxyl groups excluding tert-OH is 1. The van der Waals surface area contributed by atoms with Crippen molar-refractivity contribution in [2.24, 2.45) is 5.92 Å². The molecule has 0 amide bonds. The number of carboxylic acids is 1. The molecular weight excluding hydrogens is 220 g/mol. The fourth-order valence-electron chi connectivity index (χ4n) is 1.28. The Morgan fingerprint density at radius 1 is 1.47 bits per heavy atom. The summed E-state index contributed by atoms with van der Waals surface area (Å²) in [6, 6.07) is 3.40. The van der Waals surface area contributed by atoms with Gasteiger partial charge in [0.05, 0.1) is 11.3 Å². The molecular formula is C12H18N2O3. The lowest BCUT2D eigenvalue weighted by atomic mass is 10.1. The summed E-state index contributed by atoms with van der Waals surface area (Å²) in [7, 11) is 0. The summed E-state index contributed by atoms with van der Waals surface area (Å²) in [6.45, 7) is 4.65. The van der Waals surface area contributed by atoms with Crippen molar-refractivity contribution < 1.29 is 15.0 Å². The lowest BCUT2D eigenvalue weighted by Crippen LogP contribution is -2.33. The normalized spacial score (nSPS) is 14.3. The second kappa shape index (κ2) is 6.32. The number of hydrogen-bond donors (Lipinski definition) is 3. The molecule has 0 saturated heterocycles. The number of aromatic carboxylic acids is 1. The summed E-state index contributed by atoms with van der Waals surface area (Å²) in [6.07, 6.45) is 1.35. The van der Waals surface area contributed by atoms with Crippen LogP contribution in [0.3, 0.4) is 0 Å². The number of carboxylic acid groups (broad SMARTS) is 1. The maximum absolute atomic E-state index is 10.6. The first-order valence-electron chi connectivity index (χ1n) is 5.57. The third-order valence-electron chi connectivity index (χ3n) is 2.82. The molecule has 1 aromatic rings. The first-order chi connectivity index (χ1) is 8.04. The van der Waals surface area contributed by atoms with Crippen LogP contribution in [0.5, 0.6) is 0 Å². The van der Waals surface area contributed by atoms with Crippen molar-refractivity contribution in [2.45, 2.75) is 26.4 Å². The van der Waals surface area contributed by atoms with Crippen LogP contribution in [0.15, 0.2) is 18.3 Å². The molecule has 5 heteroatoms. The van der Waals surface area contributed by atoms with Crippen LogP contribution in [-0.2, 0) is 6.54 Å². The smallest absolute Gasteiger partial charge is 0.337 e. The molecule has 0 saturated carbocycles. The zero-order valence-electron chi connectivity index (χ0n) is 10.1.